The summed E-state index contributed by atoms with van der Waals surface area (Å²) in [5, 5.41) is 24.2. The summed E-state index contributed by atoms with van der Waals surface area (Å²) in [5.41, 5.74) is 0. The predicted molar refractivity (Wildman–Crippen MR) is 170 cm³/mol. The van der Waals surface area contributed by atoms with Gasteiger partial charge in [-0.25, -0.2) is 9.59 Å². The lowest BCUT2D eigenvalue weighted by molar-refractivity contribution is 0.124. The normalized spacial score (nSPS) is 17.8. The predicted octanol–water partition coefficient (Wildman–Crippen LogP) is 5.14. The van der Waals surface area contributed by atoms with Crippen LogP contribution in [0.5, 0.6) is 0 Å². The molecular weight excluding hydrogens is 600 g/mol. The quantitative estimate of drug-likeness (QED) is 0.198. The molecule has 2 fully saturated rings. The number of nitrogens with one attached hydrogen (secondary N) is 2. The van der Waals surface area contributed by atoms with Crippen molar-refractivity contribution >= 4 is 12.2 Å². The summed E-state index contributed by atoms with van der Waals surface area (Å²) >= 11 is 0. The lowest BCUT2D eigenvalue weighted by Gasteiger charge is -2.04. The molecule has 4 aromatic heterocycles. The van der Waals surface area contributed by atoms with Gasteiger partial charge in [0.2, 0.25) is 0 Å². The van der Waals surface area contributed by atoms with Crippen molar-refractivity contribution in [3.05, 3.63) is 96.6 Å². The van der Waals surface area contributed by atoms with Gasteiger partial charge in [-0.1, -0.05) is 14.9 Å². The van der Waals surface area contributed by atoms with Gasteiger partial charge in [-0.3, -0.25) is 0 Å². The zero-order chi connectivity index (χ0) is 31.9. The fourth-order valence-electron chi connectivity index (χ4n) is 3.94. The lowest BCUT2D eigenvalue weighted by Crippen LogP contribution is -2.17. The Balaban J connectivity index is 0.000000304. The van der Waals surface area contributed by atoms with Gasteiger partial charge in [0.15, 0.2) is 12.2 Å². The van der Waals surface area contributed by atoms with Crippen LogP contribution in [0.1, 0.15) is 62.3 Å². The van der Waals surface area contributed by atoms with Crippen LogP contribution in [-0.4, -0.2) is 86.6 Å². The Kier molecular flexibility index (Phi) is 17.6. The van der Waals surface area contributed by atoms with Crippen molar-refractivity contribution in [2.24, 2.45) is 0 Å². The Morgan fingerprint density at radius 3 is 1.26 bits per heavy atom. The summed E-state index contributed by atoms with van der Waals surface area (Å²) in [6, 6.07) is 14.2. The van der Waals surface area contributed by atoms with Gasteiger partial charge in [-0.2, -0.15) is 0 Å². The monoisotopic (exact) mass is 648 g/mol. The molecule has 46 heavy (non-hydrogen) atoms. The molecule has 4 aromatic rings. The molecule has 2 aliphatic rings. The second-order valence-electron chi connectivity index (χ2n) is 9.71. The summed E-state index contributed by atoms with van der Waals surface area (Å²) in [6.45, 7) is 2.17. The molecule has 2 aliphatic heterocycles. The fourth-order valence-corrected chi connectivity index (χ4v) is 3.94. The highest BCUT2D eigenvalue weighted by molar-refractivity contribution is 5.70. The Hall–Kier alpha value is -4.50. The first kappa shape index (κ1) is 39.5. The number of aliphatic hydroxyl groups is 2. The van der Waals surface area contributed by atoms with Crippen LogP contribution < -0.4 is 10.6 Å². The van der Waals surface area contributed by atoms with Crippen molar-refractivity contribution in [2.75, 3.05) is 54.4 Å². The Labute approximate surface area is 269 Å². The minimum Gasteiger partial charge on any atom is -0.467 e. The highest BCUT2D eigenvalue weighted by atomic mass is 16.6. The molecule has 0 spiro atoms. The molecule has 0 aliphatic carbocycles. The van der Waals surface area contributed by atoms with Crippen molar-refractivity contribution in [1.82, 2.24) is 20.4 Å². The van der Waals surface area contributed by atoms with E-state index in [0.717, 1.165) is 0 Å². The van der Waals surface area contributed by atoms with Crippen LogP contribution >= 0.6 is 0 Å². The molecule has 4 N–H and O–H groups in total. The van der Waals surface area contributed by atoms with Crippen molar-refractivity contribution in [2.45, 2.75) is 39.3 Å². The van der Waals surface area contributed by atoms with Crippen LogP contribution in [-0.2, 0) is 9.47 Å². The first-order valence-corrected chi connectivity index (χ1v) is 13.9. The maximum absolute atomic E-state index is 10.9. The molecule has 4 atom stereocenters. The van der Waals surface area contributed by atoms with Gasteiger partial charge in [0, 0.05) is 27.2 Å². The van der Waals surface area contributed by atoms with Crippen LogP contribution in [0.2, 0.25) is 0 Å². The fraction of sp³-hybridized carbons (Fsp3) is 0.438. The minimum atomic E-state index is -0.528. The maximum atomic E-state index is 10.9. The number of rotatable bonds is 8. The first-order valence-electron chi connectivity index (χ1n) is 13.9. The summed E-state index contributed by atoms with van der Waals surface area (Å²) < 4.78 is 30.2. The van der Waals surface area contributed by atoms with Crippen molar-refractivity contribution < 1.29 is 46.9 Å². The standard InChI is InChI=1S/2C8H9NO3.2C7H11NO2.2CH4/c2*1-9-5-7(12-8(9)10)6-3-2-4-11-6;2*1-8-5-6(9)7-3-2-4-10-7;;/h2*2-4,7H,5H2,1H3;2*2-4,6,8-9H,5H2,1H3;2*1H4/t2*7-;2*6-;;/m1010../s1. The molecule has 14 nitrogen and oxygen atoms in total. The number of hydrogen-bond acceptors (Lipinski definition) is 12. The first-order chi connectivity index (χ1) is 21.2. The van der Waals surface area contributed by atoms with Crippen LogP contribution in [0.4, 0.5) is 9.59 Å². The number of aliphatic hydroxyl groups excluding tert-OH is 2. The molecule has 2 amide bonds. The van der Waals surface area contributed by atoms with Gasteiger partial charge in [0.25, 0.3) is 0 Å². The van der Waals surface area contributed by atoms with Crippen LogP contribution in [0.15, 0.2) is 91.3 Å². The van der Waals surface area contributed by atoms with Gasteiger partial charge in [0.05, 0.1) is 38.1 Å². The highest BCUT2D eigenvalue weighted by Gasteiger charge is 2.32. The van der Waals surface area contributed by atoms with E-state index in [0.29, 0.717) is 49.2 Å². The molecule has 0 radical (unpaired) electrons. The van der Waals surface area contributed by atoms with E-state index >= 15 is 0 Å². The summed E-state index contributed by atoms with van der Waals surface area (Å²) in [5.74, 6) is 2.61. The zero-order valence-electron chi connectivity index (χ0n) is 25.1. The van der Waals surface area contributed by atoms with E-state index in [9.17, 15) is 19.8 Å². The largest absolute Gasteiger partial charge is 0.467 e. The average molecular weight is 649 g/mol. The second-order valence-corrected chi connectivity index (χ2v) is 9.71. The third kappa shape index (κ3) is 12.1. The van der Waals surface area contributed by atoms with Gasteiger partial charge in [-0.05, 0) is 62.6 Å². The lowest BCUT2D eigenvalue weighted by atomic mass is 10.3. The van der Waals surface area contributed by atoms with E-state index < -0.39 is 12.2 Å². The van der Waals surface area contributed by atoms with E-state index in [1.165, 1.54) is 9.80 Å². The Bertz CT molecular complexity index is 1210. The summed E-state index contributed by atoms with van der Waals surface area (Å²) in [6.07, 6.45) is 4.12. The van der Waals surface area contributed by atoms with E-state index in [2.05, 4.69) is 10.6 Å². The third-order valence-corrected chi connectivity index (χ3v) is 6.25. The number of hydrogen-bond donors (Lipinski definition) is 4. The summed E-state index contributed by atoms with van der Waals surface area (Å²) in [7, 11) is 6.97. The van der Waals surface area contributed by atoms with E-state index in [1.54, 1.807) is 102 Å². The number of carbonyl (C=O) groups is 2. The highest BCUT2D eigenvalue weighted by Crippen LogP contribution is 2.25. The van der Waals surface area contributed by atoms with E-state index in [1.807, 2.05) is 0 Å². The van der Waals surface area contributed by atoms with Gasteiger partial charge in [-0.15, -0.1) is 0 Å². The Morgan fingerprint density at radius 1 is 0.674 bits per heavy atom. The number of amides is 2. The SMILES string of the molecule is C.C.CN1C[C@@H](c2ccco2)OC1=O.CN1C[C@H](c2ccco2)OC1=O.CNC[C@@H](O)c1ccco1.CNC[C@H](O)c1ccco1. The van der Waals surface area contributed by atoms with Crippen molar-refractivity contribution in [3.8, 4) is 0 Å². The van der Waals surface area contributed by atoms with Gasteiger partial charge >= 0.3 is 12.2 Å². The van der Waals surface area contributed by atoms with Gasteiger partial charge in [0.1, 0.15) is 35.2 Å². The average Bonchev–Trinajstić information content (AvgIpc) is 3.84. The molecule has 6 rings (SSSR count). The molecule has 0 bridgehead atoms. The minimum absolute atomic E-state index is 0. The third-order valence-electron chi connectivity index (χ3n) is 6.25. The van der Waals surface area contributed by atoms with Crippen LogP contribution in [0.3, 0.4) is 0 Å². The topological polar surface area (TPSA) is 176 Å². The molecule has 0 unspecified atom stereocenters. The zero-order valence-corrected chi connectivity index (χ0v) is 25.1. The van der Waals surface area contributed by atoms with Gasteiger partial charge < -0.3 is 57.8 Å². The van der Waals surface area contributed by atoms with Crippen molar-refractivity contribution in [1.29, 1.82) is 0 Å². The van der Waals surface area contributed by atoms with E-state index in [4.69, 9.17) is 27.1 Å². The number of likely N-dealkylation sites (N-methyl/N-ethyl adjacent to an activating group) is 4. The number of furan rings is 4. The number of cyclic esters (lactones) is 2. The number of ether oxygens (including phenoxy) is 2. The molecule has 14 heteroatoms. The maximum Gasteiger partial charge on any atom is 0.410 e. The second kappa shape index (κ2) is 20.5. The molecule has 256 valence electrons. The number of nitrogens with zero attached hydrogens (tertiary/aromatic N) is 2. The van der Waals surface area contributed by atoms with Crippen LogP contribution in [0.25, 0.3) is 0 Å². The number of carbonyl (C=O) groups excluding carboxylic acids is 2. The molecule has 6 heterocycles. The van der Waals surface area contributed by atoms with Crippen LogP contribution in [0, 0.1) is 0 Å². The Morgan fingerprint density at radius 2 is 1.02 bits per heavy atom. The molecule has 0 aromatic carbocycles. The van der Waals surface area contributed by atoms with E-state index in [-0.39, 0.29) is 39.2 Å². The molecule has 0 saturated carbocycles. The summed E-state index contributed by atoms with van der Waals surface area (Å²) in [4.78, 5) is 24.9. The molecular formula is C32H48N4O10. The van der Waals surface area contributed by atoms with Crippen molar-refractivity contribution in [3.63, 3.8) is 0 Å². The molecule has 2 saturated heterocycles. The smallest absolute Gasteiger partial charge is 0.410 e.